The zero-order valence-electron chi connectivity index (χ0n) is 52.8. The van der Waals surface area contributed by atoms with E-state index in [1.54, 1.807) is 0 Å². The van der Waals surface area contributed by atoms with Gasteiger partial charge in [0.2, 0.25) is 0 Å². The Morgan fingerprint density at radius 2 is 0.370 bits per heavy atom. The van der Waals surface area contributed by atoms with Gasteiger partial charge < -0.3 is 224 Å². The summed E-state index contributed by atoms with van der Waals surface area (Å²) in [6.07, 6.45) is -91.8. The first kappa shape index (κ1) is 82.3. The molecule has 0 bridgehead atoms. The van der Waals surface area contributed by atoms with Gasteiger partial charge in [-0.15, -0.1) is 0 Å². The Labute approximate surface area is 565 Å². The molecular weight excluding hydrogens is 1380 g/mol. The van der Waals surface area contributed by atoms with Crippen LogP contribution in [0.15, 0.2) is 0 Å². The Hall–Kier alpha value is -1.80. The minimum atomic E-state index is -2.52. The van der Waals surface area contributed by atoms with Crippen LogP contribution in [0.4, 0.5) is 0 Å². The zero-order chi connectivity index (χ0) is 73.4. The molecule has 0 aliphatic carbocycles. The topological polar surface area (TPSA) is 723 Å². The third-order valence-electron chi connectivity index (χ3n) is 19.0. The lowest BCUT2D eigenvalue weighted by molar-refractivity contribution is -0.400. The van der Waals surface area contributed by atoms with E-state index in [4.69, 9.17) is 80.5 Å². The molecule has 9 rings (SSSR count). The third kappa shape index (κ3) is 16.9. The second kappa shape index (κ2) is 35.5. The van der Waals surface area contributed by atoms with E-state index in [0.29, 0.717) is 0 Å². The van der Waals surface area contributed by atoms with Crippen molar-refractivity contribution in [3.63, 3.8) is 0 Å². The van der Waals surface area contributed by atoms with Gasteiger partial charge in [-0.05, 0) is 6.92 Å². The van der Waals surface area contributed by atoms with Crippen molar-refractivity contribution in [2.75, 3.05) is 59.5 Å². The quantitative estimate of drug-likeness (QED) is 0.0404. The predicted molar refractivity (Wildman–Crippen MR) is 301 cm³/mol. The molecule has 45 unspecified atom stereocenters. The van der Waals surface area contributed by atoms with Gasteiger partial charge in [0.15, 0.2) is 50.3 Å². The lowest BCUT2D eigenvalue weighted by Crippen LogP contribution is -2.69. The molecule has 9 fully saturated rings. The van der Waals surface area contributed by atoms with Crippen molar-refractivity contribution in [1.82, 2.24) is 0 Å². The predicted octanol–water partition coefficient (Wildman–Crippen LogP) is -19.6. The van der Waals surface area contributed by atoms with Gasteiger partial charge in [-0.3, -0.25) is 0 Å². The summed E-state index contributed by atoms with van der Waals surface area (Å²) in [5, 5.41) is 306. The lowest BCUT2D eigenvalue weighted by atomic mass is 9.94. The molecule has 45 nitrogen and oxygen atoms in total. The van der Waals surface area contributed by atoms with Gasteiger partial charge in [0.1, 0.15) is 220 Å². The third-order valence-corrected chi connectivity index (χ3v) is 19.0. The summed E-state index contributed by atoms with van der Waals surface area (Å²) >= 11 is 0. The molecule has 100 heavy (non-hydrogen) atoms. The molecule has 584 valence electrons. The van der Waals surface area contributed by atoms with Gasteiger partial charge in [-0.25, -0.2) is 0 Å². The number of hydrogen-bond acceptors (Lipinski definition) is 45. The molecule has 9 saturated heterocycles. The first-order chi connectivity index (χ1) is 47.4. The Bertz CT molecular complexity index is 2460. The van der Waals surface area contributed by atoms with E-state index in [-0.39, 0.29) is 0 Å². The van der Waals surface area contributed by atoms with Crippen LogP contribution < -0.4 is 0 Å². The maximum Gasteiger partial charge on any atom is 0.187 e. The van der Waals surface area contributed by atoms with Gasteiger partial charge in [0.05, 0.1) is 65.6 Å². The van der Waals surface area contributed by atoms with E-state index in [2.05, 4.69) is 0 Å². The van der Waals surface area contributed by atoms with Crippen molar-refractivity contribution in [2.45, 2.75) is 283 Å². The van der Waals surface area contributed by atoms with Crippen LogP contribution in [0.1, 0.15) is 6.92 Å². The van der Waals surface area contributed by atoms with Crippen LogP contribution in [0, 0.1) is 0 Å². The summed E-state index contributed by atoms with van der Waals surface area (Å²) < 4.78 is 96.7. The number of aliphatic hydroxyl groups is 28. The summed E-state index contributed by atoms with van der Waals surface area (Å²) in [4.78, 5) is 0. The van der Waals surface area contributed by atoms with Crippen LogP contribution in [0.25, 0.3) is 0 Å². The van der Waals surface area contributed by atoms with E-state index in [1.807, 2.05) is 0 Å². The number of ether oxygens (including phenoxy) is 17. The number of hydrogen-bond donors (Lipinski definition) is 28. The van der Waals surface area contributed by atoms with Gasteiger partial charge in [0, 0.05) is 0 Å². The van der Waals surface area contributed by atoms with Gasteiger partial charge in [-0.1, -0.05) is 0 Å². The molecule has 0 radical (unpaired) electrons. The van der Waals surface area contributed by atoms with Crippen LogP contribution in [0.3, 0.4) is 0 Å². The zero-order valence-corrected chi connectivity index (χ0v) is 52.8. The highest BCUT2D eigenvalue weighted by molar-refractivity contribution is 5.03. The summed E-state index contributed by atoms with van der Waals surface area (Å²) in [6, 6.07) is 0. The van der Waals surface area contributed by atoms with E-state index < -0.39 is 336 Å². The van der Waals surface area contributed by atoms with Crippen molar-refractivity contribution in [2.24, 2.45) is 0 Å². The Kier molecular flexibility index (Phi) is 29.2. The fourth-order valence-corrected chi connectivity index (χ4v) is 13.0. The van der Waals surface area contributed by atoms with Crippen molar-refractivity contribution in [1.29, 1.82) is 0 Å². The molecule has 0 saturated carbocycles. The second-order valence-corrected chi connectivity index (χ2v) is 25.5. The number of rotatable bonds is 25. The molecule has 0 aromatic carbocycles. The largest absolute Gasteiger partial charge is 0.394 e. The average molecular weight is 1480 g/mol. The van der Waals surface area contributed by atoms with Crippen LogP contribution in [-0.2, 0) is 80.5 Å². The number of aliphatic hydroxyl groups excluding tert-OH is 28. The van der Waals surface area contributed by atoms with Crippen molar-refractivity contribution in [3.05, 3.63) is 0 Å². The standard InChI is InChI=1S/C55H94O45/c1-11-21(64)41(24(67)14(4-58)85-11)94-51-38(81)45(28(71)18(8-62)89-51)98-53-39(82)46(29(72)19(9-63)91-53)99-55-40(83)47(100-54-37(80)44(27(70)17(7-61)92-54)96-50-34(77)32(75)23(66)13(3-57)88-50)30(73)20(93-55)10-84-48-35(78)42(25(68)15(5-59)86-48)97-52-36(79)43(26(69)16(6-60)90-52)95-49-33(76)31(74)22(65)12(2-56)87-49/h11-83H,2-10H2,1H3. The van der Waals surface area contributed by atoms with Gasteiger partial charge in [0.25, 0.3) is 0 Å². The van der Waals surface area contributed by atoms with E-state index in [1.165, 1.54) is 6.92 Å². The molecule has 0 aromatic heterocycles. The van der Waals surface area contributed by atoms with Crippen LogP contribution >= 0.6 is 0 Å². The Morgan fingerprint density at radius 3 is 0.620 bits per heavy atom. The minimum Gasteiger partial charge on any atom is -0.394 e. The maximum atomic E-state index is 12.2. The molecule has 45 atom stereocenters. The monoisotopic (exact) mass is 1470 g/mol. The molecule has 45 heteroatoms. The summed E-state index contributed by atoms with van der Waals surface area (Å²) in [6.45, 7) is -8.00. The highest BCUT2D eigenvalue weighted by Gasteiger charge is 2.60. The molecule has 9 aliphatic heterocycles. The fourth-order valence-electron chi connectivity index (χ4n) is 13.0. The van der Waals surface area contributed by atoms with Crippen LogP contribution in [0.5, 0.6) is 0 Å². The molecule has 0 aromatic rings. The highest BCUT2D eigenvalue weighted by atomic mass is 16.8. The van der Waals surface area contributed by atoms with E-state index in [0.717, 1.165) is 0 Å². The molecule has 28 N–H and O–H groups in total. The Morgan fingerprint density at radius 1 is 0.190 bits per heavy atom. The lowest BCUT2D eigenvalue weighted by Gasteiger charge is -2.50. The first-order valence-electron chi connectivity index (χ1n) is 32.0. The highest BCUT2D eigenvalue weighted by Crippen LogP contribution is 2.39. The normalized spacial score (nSPS) is 53.7. The average Bonchev–Trinajstić information content (AvgIpc) is 0.774. The molecule has 0 spiro atoms. The first-order valence-corrected chi connectivity index (χ1v) is 32.0. The fraction of sp³-hybridized carbons (Fsp3) is 1.00. The van der Waals surface area contributed by atoms with Crippen LogP contribution in [-0.4, -0.2) is 479 Å². The van der Waals surface area contributed by atoms with E-state index in [9.17, 15) is 143 Å². The SMILES string of the molecule is CC1OC(CO)C(O)C(OC2OC(CO)C(O)C(OC3OC(CO)C(O)C(OC4OC(COC5OC(CO)C(O)C(OC6OC(CO)C(O)C(OC7OC(CO)C(O)C(O)C7O)C6O)C5O)C(O)C(OC5OC(CO)C(O)C(OC6OC(CO)C(O)C(O)C6O)C5O)C4O)C3O)C2O)C1O. The molecule has 9 heterocycles. The maximum absolute atomic E-state index is 12.2. The van der Waals surface area contributed by atoms with Gasteiger partial charge >= 0.3 is 0 Å². The second-order valence-electron chi connectivity index (χ2n) is 25.5. The van der Waals surface area contributed by atoms with Crippen LogP contribution in [0.2, 0.25) is 0 Å². The summed E-state index contributed by atoms with van der Waals surface area (Å²) in [7, 11) is 0. The van der Waals surface area contributed by atoms with Crippen molar-refractivity contribution < 1.29 is 224 Å². The summed E-state index contributed by atoms with van der Waals surface area (Å²) in [5.41, 5.74) is 0. The van der Waals surface area contributed by atoms with E-state index >= 15 is 0 Å². The molecule has 0 amide bonds. The smallest absolute Gasteiger partial charge is 0.187 e. The molecule has 9 aliphatic rings. The molecular formula is C55H94O45. The minimum absolute atomic E-state index is 0.774. The summed E-state index contributed by atoms with van der Waals surface area (Å²) in [5.74, 6) is 0. The van der Waals surface area contributed by atoms with Crippen molar-refractivity contribution >= 4 is 0 Å². The Balaban J connectivity index is 0.979. The van der Waals surface area contributed by atoms with Gasteiger partial charge in [-0.2, -0.15) is 0 Å². The van der Waals surface area contributed by atoms with Crippen molar-refractivity contribution in [3.8, 4) is 0 Å².